The summed E-state index contributed by atoms with van der Waals surface area (Å²) in [6.45, 7) is 7.34. The predicted octanol–water partition coefficient (Wildman–Crippen LogP) is 0.442. The van der Waals surface area contributed by atoms with Gasteiger partial charge in [-0.2, -0.15) is 0 Å². The molecule has 0 aromatic rings. The molecule has 0 aliphatic carbocycles. The largest absolute Gasteiger partial charge is 0.329 e. The number of sulfonamides is 1. The molecule has 5 heteroatoms. The van der Waals surface area contributed by atoms with Crippen molar-refractivity contribution >= 4 is 10.0 Å². The maximum absolute atomic E-state index is 11.5. The van der Waals surface area contributed by atoms with E-state index < -0.39 is 20.8 Å². The van der Waals surface area contributed by atoms with Gasteiger partial charge in [0.05, 0.1) is 5.25 Å². The summed E-state index contributed by atoms with van der Waals surface area (Å²) < 4.78 is 25.6. The van der Waals surface area contributed by atoms with Crippen LogP contribution in [0.15, 0.2) is 0 Å². The van der Waals surface area contributed by atoms with Crippen molar-refractivity contribution in [1.82, 2.24) is 4.72 Å². The van der Waals surface area contributed by atoms with Crippen molar-refractivity contribution in [2.45, 2.75) is 44.9 Å². The van der Waals surface area contributed by atoms with Crippen LogP contribution in [0.5, 0.6) is 0 Å². The van der Waals surface area contributed by atoms with Crippen LogP contribution in [0.4, 0.5) is 0 Å². The molecule has 0 aliphatic rings. The van der Waals surface area contributed by atoms with Crippen LogP contribution in [0.1, 0.15) is 34.1 Å². The summed E-state index contributed by atoms with van der Waals surface area (Å²) in [4.78, 5) is 0. The fourth-order valence-electron chi connectivity index (χ4n) is 0.719. The molecule has 0 heterocycles. The molecule has 0 aromatic carbocycles. The Balaban J connectivity index is 4.60. The Bertz CT molecular complexity index is 243. The van der Waals surface area contributed by atoms with Gasteiger partial charge in [0.15, 0.2) is 0 Å². The molecule has 0 aromatic heterocycles. The molecule has 4 nitrogen and oxygen atoms in total. The predicted molar refractivity (Wildman–Crippen MR) is 54.9 cm³/mol. The fraction of sp³-hybridized carbons (Fsp3) is 1.00. The second kappa shape index (κ2) is 4.39. The molecule has 0 aliphatic heterocycles. The summed E-state index contributed by atoms with van der Waals surface area (Å²) >= 11 is 0. The summed E-state index contributed by atoms with van der Waals surface area (Å²) in [5.74, 6) is 0. The Hall–Kier alpha value is -0.130. The lowest BCUT2D eigenvalue weighted by atomic mass is 10.0. The van der Waals surface area contributed by atoms with Crippen molar-refractivity contribution in [3.8, 4) is 0 Å². The number of hydrogen-bond donors (Lipinski definition) is 2. The number of hydrogen-bond acceptors (Lipinski definition) is 3. The molecule has 0 spiro atoms. The van der Waals surface area contributed by atoms with Gasteiger partial charge in [0.1, 0.15) is 0 Å². The molecule has 0 saturated carbocycles. The molecular weight excluding hydrogens is 188 g/mol. The fourth-order valence-corrected chi connectivity index (χ4v) is 1.87. The van der Waals surface area contributed by atoms with Crippen molar-refractivity contribution in [3.63, 3.8) is 0 Å². The summed E-state index contributed by atoms with van der Waals surface area (Å²) in [7, 11) is -3.21. The van der Waals surface area contributed by atoms with Crippen LogP contribution < -0.4 is 10.5 Å². The average Bonchev–Trinajstić information content (AvgIpc) is 2.03. The maximum Gasteiger partial charge on any atom is 0.214 e. The van der Waals surface area contributed by atoms with Gasteiger partial charge < -0.3 is 5.73 Å². The van der Waals surface area contributed by atoms with E-state index >= 15 is 0 Å². The molecule has 0 fully saturated rings. The Morgan fingerprint density at radius 1 is 1.46 bits per heavy atom. The Labute approximate surface area is 80.9 Å². The number of nitrogens with two attached hydrogens (primary N) is 1. The van der Waals surface area contributed by atoms with E-state index in [1.165, 1.54) is 0 Å². The van der Waals surface area contributed by atoms with Crippen molar-refractivity contribution in [1.29, 1.82) is 0 Å². The van der Waals surface area contributed by atoms with E-state index in [0.717, 1.165) is 0 Å². The van der Waals surface area contributed by atoms with Gasteiger partial charge in [-0.1, -0.05) is 6.92 Å². The molecule has 3 N–H and O–H groups in total. The second-order valence-corrected chi connectivity index (χ2v) is 6.05. The highest BCUT2D eigenvalue weighted by atomic mass is 32.2. The van der Waals surface area contributed by atoms with Gasteiger partial charge in [0.2, 0.25) is 10.0 Å². The van der Waals surface area contributed by atoms with E-state index in [-0.39, 0.29) is 0 Å². The summed E-state index contributed by atoms with van der Waals surface area (Å²) in [5, 5.41) is -0.412. The van der Waals surface area contributed by atoms with E-state index in [9.17, 15) is 8.42 Å². The van der Waals surface area contributed by atoms with Crippen molar-refractivity contribution in [3.05, 3.63) is 0 Å². The normalized spacial score (nSPS) is 17.4. The van der Waals surface area contributed by atoms with E-state index in [2.05, 4.69) is 4.72 Å². The van der Waals surface area contributed by atoms with Crippen LogP contribution in [0.2, 0.25) is 0 Å². The molecule has 1 unspecified atom stereocenters. The monoisotopic (exact) mass is 208 g/mol. The molecule has 80 valence electrons. The van der Waals surface area contributed by atoms with Gasteiger partial charge >= 0.3 is 0 Å². The van der Waals surface area contributed by atoms with Crippen LogP contribution in [-0.4, -0.2) is 25.8 Å². The van der Waals surface area contributed by atoms with Crippen LogP contribution in [0.3, 0.4) is 0 Å². The molecule has 1 atom stereocenters. The van der Waals surface area contributed by atoms with E-state index in [1.807, 2.05) is 13.8 Å². The lowest BCUT2D eigenvalue weighted by Gasteiger charge is -2.28. The van der Waals surface area contributed by atoms with Gasteiger partial charge in [-0.3, -0.25) is 0 Å². The molecule has 0 rings (SSSR count). The van der Waals surface area contributed by atoms with Crippen molar-refractivity contribution in [2.75, 3.05) is 6.54 Å². The highest BCUT2D eigenvalue weighted by Crippen LogP contribution is 2.10. The van der Waals surface area contributed by atoms with Crippen molar-refractivity contribution in [2.24, 2.45) is 5.73 Å². The average molecular weight is 208 g/mol. The van der Waals surface area contributed by atoms with Gasteiger partial charge in [-0.25, -0.2) is 13.1 Å². The first-order valence-electron chi connectivity index (χ1n) is 4.50. The molecule has 0 amide bonds. The highest BCUT2D eigenvalue weighted by Gasteiger charge is 2.28. The first-order valence-corrected chi connectivity index (χ1v) is 6.05. The molecular formula is C8H20N2O2S. The van der Waals surface area contributed by atoms with E-state index in [4.69, 9.17) is 5.73 Å². The third kappa shape index (κ3) is 3.62. The Morgan fingerprint density at radius 2 is 1.92 bits per heavy atom. The van der Waals surface area contributed by atoms with Gasteiger partial charge in [0.25, 0.3) is 0 Å². The standard InChI is InChI=1S/C8H20N2O2S/c1-5-8(4,6-9)10-13(11,12)7(2)3/h7,10H,5-6,9H2,1-4H3. The Morgan fingerprint density at radius 3 is 2.15 bits per heavy atom. The lowest BCUT2D eigenvalue weighted by molar-refractivity contribution is 0.409. The minimum Gasteiger partial charge on any atom is -0.329 e. The van der Waals surface area contributed by atoms with Crippen LogP contribution >= 0.6 is 0 Å². The summed E-state index contributed by atoms with van der Waals surface area (Å²) in [6.07, 6.45) is 0.690. The molecule has 0 radical (unpaired) electrons. The SMILES string of the molecule is CCC(C)(CN)NS(=O)(=O)C(C)C. The first-order chi connectivity index (χ1) is 5.77. The topological polar surface area (TPSA) is 72.2 Å². The highest BCUT2D eigenvalue weighted by molar-refractivity contribution is 7.90. The summed E-state index contributed by atoms with van der Waals surface area (Å²) in [5.41, 5.74) is 4.99. The van der Waals surface area contributed by atoms with Gasteiger partial charge in [-0.05, 0) is 27.2 Å². The minimum absolute atomic E-state index is 0.315. The smallest absolute Gasteiger partial charge is 0.214 e. The second-order valence-electron chi connectivity index (χ2n) is 3.81. The quantitative estimate of drug-likeness (QED) is 0.688. The van der Waals surface area contributed by atoms with Gasteiger partial charge in [0, 0.05) is 12.1 Å². The maximum atomic E-state index is 11.5. The van der Waals surface area contributed by atoms with E-state index in [0.29, 0.717) is 13.0 Å². The van der Waals surface area contributed by atoms with Gasteiger partial charge in [-0.15, -0.1) is 0 Å². The van der Waals surface area contributed by atoms with Crippen molar-refractivity contribution < 1.29 is 8.42 Å². The third-order valence-corrected chi connectivity index (χ3v) is 4.26. The van der Waals surface area contributed by atoms with Crippen LogP contribution in [0, 0.1) is 0 Å². The van der Waals surface area contributed by atoms with E-state index in [1.54, 1.807) is 13.8 Å². The number of nitrogens with one attached hydrogen (secondary N) is 1. The number of rotatable bonds is 5. The zero-order valence-electron chi connectivity index (χ0n) is 8.79. The lowest BCUT2D eigenvalue weighted by Crippen LogP contribution is -2.52. The summed E-state index contributed by atoms with van der Waals surface area (Å²) in [6, 6.07) is 0. The zero-order chi connectivity index (χ0) is 10.7. The van der Waals surface area contributed by atoms with Crippen LogP contribution in [0.25, 0.3) is 0 Å². The molecule has 0 bridgehead atoms. The van der Waals surface area contributed by atoms with Crippen LogP contribution in [-0.2, 0) is 10.0 Å². The zero-order valence-corrected chi connectivity index (χ0v) is 9.61. The Kier molecular flexibility index (Phi) is 4.35. The minimum atomic E-state index is -3.21. The third-order valence-electron chi connectivity index (χ3n) is 2.24. The first kappa shape index (κ1) is 12.9. The molecule has 13 heavy (non-hydrogen) atoms. The molecule has 0 saturated heterocycles.